The zero-order chi connectivity index (χ0) is 24.5. The minimum absolute atomic E-state index is 0.237. The lowest BCUT2D eigenvalue weighted by Gasteiger charge is -2.30. The monoisotopic (exact) mass is 524 g/mol. The van der Waals surface area contributed by atoms with E-state index in [0.717, 1.165) is 22.8 Å². The summed E-state index contributed by atoms with van der Waals surface area (Å²) in [4.78, 5) is 6.68. The van der Waals surface area contributed by atoms with Gasteiger partial charge in [-0.15, -0.1) is 0 Å². The van der Waals surface area contributed by atoms with Gasteiger partial charge in [0.1, 0.15) is 17.5 Å². The predicted molar refractivity (Wildman–Crippen MR) is 143 cm³/mol. The van der Waals surface area contributed by atoms with Gasteiger partial charge in [-0.3, -0.25) is 4.98 Å². The maximum Gasteiger partial charge on any atom is 0.174 e. The van der Waals surface area contributed by atoms with Gasteiger partial charge in [-0.1, -0.05) is 29.3 Å². The number of methoxy groups -OCH3 is 2. The SMILES string of the molecule is COc1ccc(OC)c(N2C(=S)NC(c3ccccn3)C2c2cccn2-c2ccc(Cl)cc2Cl)c1. The zero-order valence-electron chi connectivity index (χ0n) is 19.0. The number of halogens is 2. The summed E-state index contributed by atoms with van der Waals surface area (Å²) in [6, 6.07) is 20.5. The van der Waals surface area contributed by atoms with E-state index < -0.39 is 0 Å². The van der Waals surface area contributed by atoms with Gasteiger partial charge in [0.05, 0.1) is 42.4 Å². The Morgan fingerprint density at radius 3 is 2.51 bits per heavy atom. The third-order valence-electron chi connectivity index (χ3n) is 6.00. The Hall–Kier alpha value is -3.26. The smallest absolute Gasteiger partial charge is 0.174 e. The summed E-state index contributed by atoms with van der Waals surface area (Å²) in [5.41, 5.74) is 3.41. The highest BCUT2D eigenvalue weighted by molar-refractivity contribution is 7.80. The molecule has 0 spiro atoms. The third kappa shape index (κ3) is 4.31. The van der Waals surface area contributed by atoms with Gasteiger partial charge < -0.3 is 24.3 Å². The largest absolute Gasteiger partial charge is 0.497 e. The molecule has 35 heavy (non-hydrogen) atoms. The molecule has 4 aromatic rings. The lowest BCUT2D eigenvalue weighted by Crippen LogP contribution is -2.30. The first-order chi connectivity index (χ1) is 17.0. The zero-order valence-corrected chi connectivity index (χ0v) is 21.3. The van der Waals surface area contributed by atoms with Crippen LogP contribution in [0.5, 0.6) is 11.5 Å². The van der Waals surface area contributed by atoms with Crippen LogP contribution in [0, 0.1) is 0 Å². The maximum absolute atomic E-state index is 6.61. The molecule has 1 N–H and O–H groups in total. The molecule has 0 radical (unpaired) electrons. The Morgan fingerprint density at radius 2 is 1.80 bits per heavy atom. The van der Waals surface area contributed by atoms with Gasteiger partial charge >= 0.3 is 0 Å². The normalized spacial score (nSPS) is 17.4. The molecule has 1 aliphatic heterocycles. The second-order valence-corrected chi connectivity index (χ2v) is 9.16. The number of ether oxygens (including phenoxy) is 2. The summed E-state index contributed by atoms with van der Waals surface area (Å²) in [5, 5.41) is 5.15. The van der Waals surface area contributed by atoms with Crippen LogP contribution in [0.3, 0.4) is 0 Å². The van der Waals surface area contributed by atoms with Crippen LogP contribution in [0.1, 0.15) is 23.5 Å². The fourth-order valence-electron chi connectivity index (χ4n) is 4.43. The lowest BCUT2D eigenvalue weighted by molar-refractivity contribution is 0.402. The van der Waals surface area contributed by atoms with Crippen molar-refractivity contribution in [3.63, 3.8) is 0 Å². The van der Waals surface area contributed by atoms with Crippen LogP contribution < -0.4 is 19.7 Å². The van der Waals surface area contributed by atoms with Crippen molar-refractivity contribution in [2.24, 2.45) is 0 Å². The van der Waals surface area contributed by atoms with Crippen molar-refractivity contribution in [3.05, 3.63) is 101 Å². The van der Waals surface area contributed by atoms with Crippen LogP contribution in [-0.2, 0) is 0 Å². The maximum atomic E-state index is 6.61. The number of thiocarbonyl (C=S) groups is 1. The van der Waals surface area contributed by atoms with Crippen LogP contribution in [0.4, 0.5) is 5.69 Å². The van der Waals surface area contributed by atoms with Gasteiger partial charge in [0.15, 0.2) is 5.11 Å². The van der Waals surface area contributed by atoms with Gasteiger partial charge in [0.2, 0.25) is 0 Å². The van der Waals surface area contributed by atoms with Crippen LogP contribution >= 0.6 is 35.4 Å². The Kier molecular flexibility index (Phi) is 6.56. The van der Waals surface area contributed by atoms with Crippen LogP contribution in [0.15, 0.2) is 79.1 Å². The molecule has 5 rings (SSSR count). The standard InChI is InChI=1S/C26H22Cl2N4O2S/c1-33-17-9-11-23(34-2)22(15-17)32-25(24(30-26(32)35)19-6-3-4-12-29-19)21-7-5-13-31(21)20-10-8-16(27)14-18(20)28/h3-15,24-25H,1-2H3,(H,30,35). The number of aromatic nitrogens is 2. The fraction of sp³-hybridized carbons (Fsp3) is 0.154. The molecule has 2 atom stereocenters. The number of hydrogen-bond donors (Lipinski definition) is 1. The molecule has 0 amide bonds. The molecule has 178 valence electrons. The van der Waals surface area contributed by atoms with E-state index in [4.69, 9.17) is 44.9 Å². The number of hydrogen-bond acceptors (Lipinski definition) is 4. The van der Waals surface area contributed by atoms with E-state index in [9.17, 15) is 0 Å². The number of nitrogens with one attached hydrogen (secondary N) is 1. The molecule has 1 saturated heterocycles. The van der Waals surface area contributed by atoms with E-state index in [1.807, 2.05) is 65.7 Å². The van der Waals surface area contributed by atoms with E-state index in [-0.39, 0.29) is 12.1 Å². The van der Waals surface area contributed by atoms with E-state index >= 15 is 0 Å². The van der Waals surface area contributed by atoms with Crippen LogP contribution in [-0.4, -0.2) is 28.9 Å². The predicted octanol–water partition coefficient (Wildman–Crippen LogP) is 6.37. The highest BCUT2D eigenvalue weighted by Crippen LogP contribution is 2.46. The number of rotatable bonds is 6. The summed E-state index contributed by atoms with van der Waals surface area (Å²) in [5.74, 6) is 1.36. The van der Waals surface area contributed by atoms with E-state index in [0.29, 0.717) is 26.7 Å². The first kappa shape index (κ1) is 23.5. The van der Waals surface area contributed by atoms with Gasteiger partial charge in [0, 0.05) is 29.2 Å². The topological polar surface area (TPSA) is 51.6 Å². The van der Waals surface area contributed by atoms with Crippen molar-refractivity contribution >= 4 is 46.2 Å². The van der Waals surface area contributed by atoms with Gasteiger partial charge in [-0.05, 0) is 66.8 Å². The lowest BCUT2D eigenvalue weighted by atomic mass is 10.0. The molecule has 1 aliphatic rings. The average Bonchev–Trinajstić information content (AvgIpc) is 3.48. The van der Waals surface area contributed by atoms with Crippen molar-refractivity contribution in [2.45, 2.75) is 12.1 Å². The minimum atomic E-state index is -0.278. The van der Waals surface area contributed by atoms with Gasteiger partial charge in [-0.25, -0.2) is 0 Å². The number of nitrogens with zero attached hydrogens (tertiary/aromatic N) is 3. The summed E-state index contributed by atoms with van der Waals surface area (Å²) < 4.78 is 13.3. The van der Waals surface area contributed by atoms with E-state index in [1.165, 1.54) is 0 Å². The molecular formula is C26H22Cl2N4O2S. The molecule has 0 saturated carbocycles. The van der Waals surface area contributed by atoms with Crippen molar-refractivity contribution in [1.82, 2.24) is 14.9 Å². The molecule has 2 aromatic carbocycles. The first-order valence-corrected chi connectivity index (χ1v) is 12.0. The Bertz CT molecular complexity index is 1380. The first-order valence-electron chi connectivity index (χ1n) is 10.9. The average molecular weight is 525 g/mol. The second-order valence-electron chi connectivity index (χ2n) is 7.93. The third-order valence-corrected chi connectivity index (χ3v) is 6.85. The quantitative estimate of drug-likeness (QED) is 0.295. The van der Waals surface area contributed by atoms with Crippen LogP contribution in [0.2, 0.25) is 10.0 Å². The molecule has 0 bridgehead atoms. The van der Waals surface area contributed by atoms with Gasteiger partial charge in [-0.2, -0.15) is 0 Å². The Labute approximate surface area is 219 Å². The molecule has 9 heteroatoms. The second kappa shape index (κ2) is 9.77. The van der Waals surface area contributed by atoms with Crippen LogP contribution in [0.25, 0.3) is 5.69 Å². The summed E-state index contributed by atoms with van der Waals surface area (Å²) in [6.07, 6.45) is 3.75. The van der Waals surface area contributed by atoms with E-state index in [2.05, 4.69) is 20.9 Å². The minimum Gasteiger partial charge on any atom is -0.497 e. The van der Waals surface area contributed by atoms with Crippen molar-refractivity contribution < 1.29 is 9.47 Å². The molecular weight excluding hydrogens is 503 g/mol. The number of benzene rings is 2. The highest BCUT2D eigenvalue weighted by Gasteiger charge is 2.43. The highest BCUT2D eigenvalue weighted by atomic mass is 35.5. The summed E-state index contributed by atoms with van der Waals surface area (Å²) in [7, 11) is 3.27. The Balaban J connectivity index is 1.72. The summed E-state index contributed by atoms with van der Waals surface area (Å²) >= 11 is 18.7. The number of anilines is 1. The Morgan fingerprint density at radius 1 is 0.943 bits per heavy atom. The summed E-state index contributed by atoms with van der Waals surface area (Å²) in [6.45, 7) is 0. The molecule has 3 heterocycles. The molecule has 6 nitrogen and oxygen atoms in total. The molecule has 2 aromatic heterocycles. The fourth-order valence-corrected chi connectivity index (χ4v) is 5.27. The van der Waals surface area contributed by atoms with Crippen molar-refractivity contribution in [3.8, 4) is 17.2 Å². The van der Waals surface area contributed by atoms with Crippen molar-refractivity contribution in [2.75, 3.05) is 19.1 Å². The van der Waals surface area contributed by atoms with Gasteiger partial charge in [0.25, 0.3) is 0 Å². The molecule has 2 unspecified atom stereocenters. The van der Waals surface area contributed by atoms with E-state index in [1.54, 1.807) is 26.5 Å². The molecule has 1 fully saturated rings. The van der Waals surface area contributed by atoms with Crippen molar-refractivity contribution in [1.29, 1.82) is 0 Å². The number of pyridine rings is 1. The molecule has 0 aliphatic carbocycles.